The Hall–Kier alpha value is -1.35. The lowest BCUT2D eigenvalue weighted by Crippen LogP contribution is -2.37. The van der Waals surface area contributed by atoms with Crippen LogP contribution in [0.3, 0.4) is 0 Å². The Morgan fingerprint density at radius 1 is 1.14 bits per heavy atom. The van der Waals surface area contributed by atoms with Gasteiger partial charge in [-0.1, -0.05) is 25.8 Å². The number of nitrogens with zero attached hydrogens (tertiary/aromatic N) is 3. The predicted molar refractivity (Wildman–Crippen MR) is 90.1 cm³/mol. The van der Waals surface area contributed by atoms with Crippen LogP contribution in [-0.2, 0) is 0 Å². The maximum absolute atomic E-state index is 4.56. The molecule has 4 rings (SSSR count). The normalized spacial score (nSPS) is 27.7. The van der Waals surface area contributed by atoms with Gasteiger partial charge in [-0.25, -0.2) is 4.98 Å². The van der Waals surface area contributed by atoms with E-state index in [1.54, 1.807) is 0 Å². The van der Waals surface area contributed by atoms with E-state index >= 15 is 0 Å². The molecule has 3 heteroatoms. The number of hydrogen-bond donors (Lipinski definition) is 0. The van der Waals surface area contributed by atoms with E-state index in [0.29, 0.717) is 5.92 Å². The lowest BCUT2D eigenvalue weighted by atomic mass is 9.91. The van der Waals surface area contributed by atoms with E-state index in [9.17, 15) is 0 Å². The summed E-state index contributed by atoms with van der Waals surface area (Å²) in [6, 6.07) is 6.27. The van der Waals surface area contributed by atoms with E-state index in [4.69, 9.17) is 0 Å². The molecule has 2 aromatic rings. The Bertz CT molecular complexity index is 624. The highest BCUT2D eigenvalue weighted by Gasteiger charge is 2.28. The van der Waals surface area contributed by atoms with E-state index in [2.05, 4.69) is 51.8 Å². The number of piperidine rings is 1. The second kappa shape index (κ2) is 6.04. The van der Waals surface area contributed by atoms with Gasteiger partial charge in [0.1, 0.15) is 5.65 Å². The van der Waals surface area contributed by atoms with Gasteiger partial charge in [0.05, 0.1) is 0 Å². The van der Waals surface area contributed by atoms with Gasteiger partial charge >= 0.3 is 0 Å². The molecule has 0 spiro atoms. The minimum Gasteiger partial charge on any atom is -0.304 e. The second-order valence-corrected chi connectivity index (χ2v) is 7.36. The quantitative estimate of drug-likeness (QED) is 0.855. The molecule has 2 atom stereocenters. The number of pyridine rings is 1. The van der Waals surface area contributed by atoms with Crippen LogP contribution in [-0.4, -0.2) is 33.9 Å². The molecule has 2 fully saturated rings. The van der Waals surface area contributed by atoms with Crippen molar-refractivity contribution in [3.63, 3.8) is 0 Å². The third-order valence-electron chi connectivity index (χ3n) is 5.98. The van der Waals surface area contributed by atoms with Gasteiger partial charge in [-0.15, -0.1) is 0 Å². The first kappa shape index (κ1) is 14.3. The zero-order chi connectivity index (χ0) is 14.9. The average Bonchev–Trinajstić information content (AvgIpc) is 3.15. The Labute approximate surface area is 133 Å². The average molecular weight is 297 g/mol. The lowest BCUT2D eigenvalue weighted by molar-refractivity contribution is 0.168. The van der Waals surface area contributed by atoms with Gasteiger partial charge in [0.15, 0.2) is 0 Å². The van der Waals surface area contributed by atoms with E-state index in [0.717, 1.165) is 17.5 Å². The molecule has 0 aromatic carbocycles. The largest absolute Gasteiger partial charge is 0.304 e. The molecular formula is C19H27N3. The van der Waals surface area contributed by atoms with Crippen molar-refractivity contribution in [2.75, 3.05) is 19.6 Å². The van der Waals surface area contributed by atoms with Gasteiger partial charge in [0.25, 0.3) is 0 Å². The molecule has 0 radical (unpaired) electrons. The topological polar surface area (TPSA) is 20.5 Å². The molecule has 2 aliphatic rings. The van der Waals surface area contributed by atoms with Crippen LogP contribution < -0.4 is 0 Å². The van der Waals surface area contributed by atoms with Crippen LogP contribution in [0.25, 0.3) is 5.65 Å². The number of rotatable bonds is 3. The molecule has 22 heavy (non-hydrogen) atoms. The smallest absolute Gasteiger partial charge is 0.136 e. The van der Waals surface area contributed by atoms with Crippen LogP contribution in [0.5, 0.6) is 0 Å². The first-order valence-electron chi connectivity index (χ1n) is 8.95. The molecule has 3 heterocycles. The highest BCUT2D eigenvalue weighted by molar-refractivity contribution is 5.40. The van der Waals surface area contributed by atoms with E-state index in [1.807, 2.05) is 0 Å². The van der Waals surface area contributed by atoms with E-state index in [1.165, 1.54) is 57.4 Å². The predicted octanol–water partition coefficient (Wildman–Crippen LogP) is 3.95. The molecule has 1 aliphatic heterocycles. The monoisotopic (exact) mass is 297 g/mol. The summed E-state index contributed by atoms with van der Waals surface area (Å²) in [4.78, 5) is 7.27. The van der Waals surface area contributed by atoms with Crippen LogP contribution in [0.2, 0.25) is 0 Å². The van der Waals surface area contributed by atoms with E-state index in [-0.39, 0.29) is 0 Å². The molecule has 2 aromatic heterocycles. The van der Waals surface area contributed by atoms with Gasteiger partial charge in [0.2, 0.25) is 0 Å². The van der Waals surface area contributed by atoms with Crippen molar-refractivity contribution in [3.05, 3.63) is 36.3 Å². The summed E-state index contributed by atoms with van der Waals surface area (Å²) in [5.41, 5.74) is 2.49. The molecule has 0 amide bonds. The lowest BCUT2D eigenvalue weighted by Gasteiger charge is -2.34. The van der Waals surface area contributed by atoms with E-state index < -0.39 is 0 Å². The number of likely N-dealkylation sites (tertiary alicyclic amines) is 1. The third kappa shape index (κ3) is 2.67. The minimum atomic E-state index is 0.676. The molecule has 1 saturated carbocycles. The molecule has 118 valence electrons. The minimum absolute atomic E-state index is 0.676. The summed E-state index contributed by atoms with van der Waals surface area (Å²) in [5, 5.41) is 0. The SMILES string of the molecule is CC1CCCC1CN1CCC(c2cnc3ccccn23)CC1. The van der Waals surface area contributed by atoms with Crippen molar-refractivity contribution in [2.45, 2.75) is 44.9 Å². The molecule has 1 saturated heterocycles. The number of fused-ring (bicyclic) bond motifs is 1. The van der Waals surface area contributed by atoms with Gasteiger partial charge in [-0.3, -0.25) is 0 Å². The maximum Gasteiger partial charge on any atom is 0.136 e. The summed E-state index contributed by atoms with van der Waals surface area (Å²) in [6.07, 6.45) is 11.2. The fourth-order valence-corrected chi connectivity index (χ4v) is 4.49. The van der Waals surface area contributed by atoms with Crippen LogP contribution in [0, 0.1) is 11.8 Å². The first-order valence-corrected chi connectivity index (χ1v) is 8.95. The maximum atomic E-state index is 4.56. The van der Waals surface area contributed by atoms with Gasteiger partial charge in [-0.2, -0.15) is 0 Å². The zero-order valence-corrected chi connectivity index (χ0v) is 13.6. The number of aromatic nitrogens is 2. The standard InChI is InChI=1S/C19H27N3/c1-15-5-4-6-17(15)14-21-11-8-16(9-12-21)18-13-20-19-7-2-3-10-22(18)19/h2-3,7,10,13,15-17H,4-6,8-9,11-12,14H2,1H3. The summed E-state index contributed by atoms with van der Waals surface area (Å²) in [7, 11) is 0. The molecule has 0 bridgehead atoms. The van der Waals surface area contributed by atoms with Crippen molar-refractivity contribution in [3.8, 4) is 0 Å². The highest BCUT2D eigenvalue weighted by atomic mass is 15.1. The van der Waals surface area contributed by atoms with Crippen molar-refractivity contribution < 1.29 is 0 Å². The van der Waals surface area contributed by atoms with Crippen LogP contribution >= 0.6 is 0 Å². The second-order valence-electron chi connectivity index (χ2n) is 7.36. The fraction of sp³-hybridized carbons (Fsp3) is 0.632. The third-order valence-corrected chi connectivity index (χ3v) is 5.98. The van der Waals surface area contributed by atoms with Crippen molar-refractivity contribution in [2.24, 2.45) is 11.8 Å². The summed E-state index contributed by atoms with van der Waals surface area (Å²) in [6.45, 7) is 6.30. The summed E-state index contributed by atoms with van der Waals surface area (Å²) < 4.78 is 2.28. The van der Waals surface area contributed by atoms with Crippen molar-refractivity contribution >= 4 is 5.65 Å². The summed E-state index contributed by atoms with van der Waals surface area (Å²) >= 11 is 0. The van der Waals surface area contributed by atoms with Gasteiger partial charge < -0.3 is 9.30 Å². The van der Waals surface area contributed by atoms with Gasteiger partial charge in [0, 0.05) is 30.6 Å². The van der Waals surface area contributed by atoms with Gasteiger partial charge in [-0.05, 0) is 56.3 Å². The molecule has 0 N–H and O–H groups in total. The number of imidazole rings is 1. The van der Waals surface area contributed by atoms with Crippen LogP contribution in [0.1, 0.15) is 50.6 Å². The molecular weight excluding hydrogens is 270 g/mol. The molecule has 2 unspecified atom stereocenters. The zero-order valence-electron chi connectivity index (χ0n) is 13.6. The fourth-order valence-electron chi connectivity index (χ4n) is 4.49. The molecule has 3 nitrogen and oxygen atoms in total. The summed E-state index contributed by atoms with van der Waals surface area (Å²) in [5.74, 6) is 2.57. The number of hydrogen-bond acceptors (Lipinski definition) is 2. The molecule has 1 aliphatic carbocycles. The van der Waals surface area contributed by atoms with Crippen LogP contribution in [0.15, 0.2) is 30.6 Å². The highest BCUT2D eigenvalue weighted by Crippen LogP contribution is 2.34. The van der Waals surface area contributed by atoms with Crippen molar-refractivity contribution in [1.82, 2.24) is 14.3 Å². The Balaban J connectivity index is 1.39. The Morgan fingerprint density at radius 2 is 2.00 bits per heavy atom. The van der Waals surface area contributed by atoms with Crippen LogP contribution in [0.4, 0.5) is 0 Å². The van der Waals surface area contributed by atoms with Crippen molar-refractivity contribution in [1.29, 1.82) is 0 Å². The Kier molecular flexibility index (Phi) is 3.91. The Morgan fingerprint density at radius 3 is 2.77 bits per heavy atom. The first-order chi connectivity index (χ1) is 10.8.